The van der Waals surface area contributed by atoms with Crippen LogP contribution < -0.4 is 0 Å². The van der Waals surface area contributed by atoms with Gasteiger partial charge in [0.2, 0.25) is 0 Å². The summed E-state index contributed by atoms with van der Waals surface area (Å²) < 4.78 is 6.91. The van der Waals surface area contributed by atoms with Gasteiger partial charge in [0, 0.05) is 48.3 Å². The van der Waals surface area contributed by atoms with Crippen LogP contribution in [0.5, 0.6) is 0 Å². The second-order valence-corrected chi connectivity index (χ2v) is 9.75. The van der Waals surface area contributed by atoms with Crippen molar-refractivity contribution >= 4 is 21.4 Å². The summed E-state index contributed by atoms with van der Waals surface area (Å²) in [7, 11) is 0. The van der Waals surface area contributed by atoms with Crippen LogP contribution in [0.4, 0.5) is 0 Å². The predicted octanol–water partition coefficient (Wildman–Crippen LogP) is 3.11. The van der Waals surface area contributed by atoms with E-state index in [4.69, 9.17) is 4.74 Å². The van der Waals surface area contributed by atoms with Crippen molar-refractivity contribution < 1.29 is 9.84 Å². The van der Waals surface area contributed by atoms with E-state index in [-0.39, 0.29) is 6.10 Å². The lowest BCUT2D eigenvalue weighted by atomic mass is 9.77. The molecule has 1 aromatic heterocycles. The summed E-state index contributed by atoms with van der Waals surface area (Å²) >= 11 is 1.95. The molecule has 146 valence electrons. The number of benzene rings is 1. The maximum atomic E-state index is 10.8. The van der Waals surface area contributed by atoms with Gasteiger partial charge in [-0.05, 0) is 48.6 Å². The van der Waals surface area contributed by atoms with E-state index >= 15 is 0 Å². The first-order chi connectivity index (χ1) is 13.2. The standard InChI is InChI=1S/C22H30N2O2S/c1-15-18-4-2-3-5-21(18)27-22(15)14-23-12-16-10-19(20(25)11-17(16)13-23)24-6-8-26-9-7-24/h2-5,16-17,19-20,25H,6-14H2,1H3/t16-,17+,19-,20-/m1/s1. The van der Waals surface area contributed by atoms with Gasteiger partial charge in [0.05, 0.1) is 19.3 Å². The fourth-order valence-corrected chi connectivity index (χ4v) is 6.77. The zero-order valence-corrected chi connectivity index (χ0v) is 17.0. The minimum absolute atomic E-state index is 0.171. The van der Waals surface area contributed by atoms with Gasteiger partial charge in [-0.3, -0.25) is 9.80 Å². The van der Waals surface area contributed by atoms with E-state index in [1.54, 1.807) is 0 Å². The normalized spacial score (nSPS) is 32.8. The Kier molecular flexibility index (Phi) is 4.99. The number of morpholine rings is 1. The number of nitrogens with zero attached hydrogens (tertiary/aromatic N) is 2. The van der Waals surface area contributed by atoms with Gasteiger partial charge in [-0.2, -0.15) is 0 Å². The van der Waals surface area contributed by atoms with Crippen molar-refractivity contribution in [1.82, 2.24) is 9.80 Å². The molecule has 27 heavy (non-hydrogen) atoms. The first-order valence-corrected chi connectivity index (χ1v) is 11.2. The van der Waals surface area contributed by atoms with Gasteiger partial charge in [0.15, 0.2) is 0 Å². The quantitative estimate of drug-likeness (QED) is 0.879. The predicted molar refractivity (Wildman–Crippen MR) is 110 cm³/mol. The van der Waals surface area contributed by atoms with Crippen LogP contribution in [0.2, 0.25) is 0 Å². The molecule has 0 unspecified atom stereocenters. The summed E-state index contributed by atoms with van der Waals surface area (Å²) in [4.78, 5) is 6.63. The second kappa shape index (κ2) is 7.45. The fourth-order valence-electron chi connectivity index (χ4n) is 5.51. The van der Waals surface area contributed by atoms with E-state index in [9.17, 15) is 5.11 Å². The number of likely N-dealkylation sites (tertiary alicyclic amines) is 1. The zero-order chi connectivity index (χ0) is 18.4. The average molecular weight is 387 g/mol. The summed E-state index contributed by atoms with van der Waals surface area (Å²) in [5, 5.41) is 12.2. The van der Waals surface area contributed by atoms with E-state index in [1.807, 2.05) is 11.3 Å². The SMILES string of the molecule is Cc1c(CN2C[C@H]3C[C@@H](N4CCOCC4)[C@H](O)C[C@H]3C2)sc2ccccc12. The van der Waals surface area contributed by atoms with Crippen LogP contribution in [0.1, 0.15) is 23.3 Å². The topological polar surface area (TPSA) is 35.9 Å². The number of thiophene rings is 1. The van der Waals surface area contributed by atoms with Crippen LogP contribution in [-0.2, 0) is 11.3 Å². The minimum atomic E-state index is -0.171. The van der Waals surface area contributed by atoms with Crippen molar-refractivity contribution in [3.05, 3.63) is 34.7 Å². The summed E-state index contributed by atoms with van der Waals surface area (Å²) in [5.74, 6) is 1.39. The third kappa shape index (κ3) is 3.45. The first-order valence-electron chi connectivity index (χ1n) is 10.4. The lowest BCUT2D eigenvalue weighted by molar-refractivity contribution is -0.0520. The molecule has 1 aromatic carbocycles. The lowest BCUT2D eigenvalue weighted by Gasteiger charge is -2.43. The Balaban J connectivity index is 1.27. The number of aryl methyl sites for hydroxylation is 1. The molecule has 2 saturated heterocycles. The zero-order valence-electron chi connectivity index (χ0n) is 16.1. The average Bonchev–Trinajstić information content (AvgIpc) is 3.22. The van der Waals surface area contributed by atoms with Gasteiger partial charge in [-0.15, -0.1) is 11.3 Å². The summed E-state index contributed by atoms with van der Waals surface area (Å²) in [6.45, 7) is 9.25. The largest absolute Gasteiger partial charge is 0.391 e. The summed E-state index contributed by atoms with van der Waals surface area (Å²) in [6.07, 6.45) is 1.94. The summed E-state index contributed by atoms with van der Waals surface area (Å²) in [5.41, 5.74) is 1.46. The number of hydrogen-bond acceptors (Lipinski definition) is 5. The molecule has 4 atom stereocenters. The third-order valence-corrected chi connectivity index (χ3v) is 8.27. The molecular formula is C22H30N2O2S. The number of aliphatic hydroxyl groups is 1. The van der Waals surface area contributed by atoms with Crippen molar-refractivity contribution in [3.63, 3.8) is 0 Å². The molecule has 2 aromatic rings. The Bertz CT molecular complexity index is 801. The number of rotatable bonds is 3. The fraction of sp³-hybridized carbons (Fsp3) is 0.636. The van der Waals surface area contributed by atoms with Gasteiger partial charge < -0.3 is 9.84 Å². The Morgan fingerprint density at radius 3 is 2.63 bits per heavy atom. The van der Waals surface area contributed by atoms with Crippen molar-refractivity contribution in [2.24, 2.45) is 11.8 Å². The number of aliphatic hydroxyl groups excluding tert-OH is 1. The molecule has 1 N–H and O–H groups in total. The molecular weight excluding hydrogens is 356 g/mol. The van der Waals surface area contributed by atoms with Crippen LogP contribution in [0.3, 0.4) is 0 Å². The minimum Gasteiger partial charge on any atom is -0.391 e. The molecule has 1 saturated carbocycles. The highest BCUT2D eigenvalue weighted by Crippen LogP contribution is 2.40. The van der Waals surface area contributed by atoms with Crippen molar-refractivity contribution in [1.29, 1.82) is 0 Å². The molecule has 3 fully saturated rings. The van der Waals surface area contributed by atoms with E-state index in [2.05, 4.69) is 41.0 Å². The molecule has 0 bridgehead atoms. The van der Waals surface area contributed by atoms with E-state index in [1.165, 1.54) is 27.1 Å². The maximum absolute atomic E-state index is 10.8. The molecule has 2 aliphatic heterocycles. The van der Waals surface area contributed by atoms with Crippen molar-refractivity contribution in [2.75, 3.05) is 39.4 Å². The molecule has 5 heteroatoms. The highest BCUT2D eigenvalue weighted by atomic mass is 32.1. The molecule has 0 spiro atoms. The monoisotopic (exact) mass is 386 g/mol. The van der Waals surface area contributed by atoms with E-state index < -0.39 is 0 Å². The number of fused-ring (bicyclic) bond motifs is 2. The molecule has 1 aliphatic carbocycles. The molecule has 3 heterocycles. The van der Waals surface area contributed by atoms with Gasteiger partial charge >= 0.3 is 0 Å². The van der Waals surface area contributed by atoms with Crippen LogP contribution in [0, 0.1) is 18.8 Å². The van der Waals surface area contributed by atoms with Crippen LogP contribution in [0.25, 0.3) is 10.1 Å². The van der Waals surface area contributed by atoms with Crippen molar-refractivity contribution in [2.45, 2.75) is 38.5 Å². The smallest absolute Gasteiger partial charge is 0.0698 e. The Labute approximate surface area is 165 Å². The molecule has 0 radical (unpaired) electrons. The maximum Gasteiger partial charge on any atom is 0.0698 e. The Hall–Kier alpha value is -0.980. The van der Waals surface area contributed by atoms with Crippen LogP contribution >= 0.6 is 11.3 Å². The van der Waals surface area contributed by atoms with Gasteiger partial charge in [-0.25, -0.2) is 0 Å². The third-order valence-electron chi connectivity index (χ3n) is 7.01. The number of ether oxygens (including phenoxy) is 1. The first kappa shape index (κ1) is 18.1. The Morgan fingerprint density at radius 1 is 1.11 bits per heavy atom. The lowest BCUT2D eigenvalue weighted by Crippen LogP contribution is -2.53. The Morgan fingerprint density at radius 2 is 1.85 bits per heavy atom. The highest BCUT2D eigenvalue weighted by Gasteiger charge is 2.43. The van der Waals surface area contributed by atoms with Crippen LogP contribution in [-0.4, -0.2) is 66.4 Å². The summed E-state index contributed by atoms with van der Waals surface area (Å²) in [6, 6.07) is 9.10. The molecule has 3 aliphatic rings. The highest BCUT2D eigenvalue weighted by molar-refractivity contribution is 7.19. The molecule has 5 rings (SSSR count). The van der Waals surface area contributed by atoms with Crippen molar-refractivity contribution in [3.8, 4) is 0 Å². The van der Waals surface area contributed by atoms with E-state index in [0.29, 0.717) is 12.0 Å². The number of hydrogen-bond donors (Lipinski definition) is 1. The van der Waals surface area contributed by atoms with Gasteiger partial charge in [0.1, 0.15) is 0 Å². The molecule has 4 nitrogen and oxygen atoms in total. The van der Waals surface area contributed by atoms with Gasteiger partial charge in [0.25, 0.3) is 0 Å². The molecule has 0 amide bonds. The van der Waals surface area contributed by atoms with E-state index in [0.717, 1.165) is 58.2 Å². The van der Waals surface area contributed by atoms with Gasteiger partial charge in [-0.1, -0.05) is 18.2 Å². The second-order valence-electron chi connectivity index (χ2n) is 8.62. The van der Waals surface area contributed by atoms with Crippen LogP contribution in [0.15, 0.2) is 24.3 Å².